The first-order valence-electron chi connectivity index (χ1n) is 5.60. The number of benzene rings is 2. The van der Waals surface area contributed by atoms with Gasteiger partial charge in [-0.15, -0.1) is 0 Å². The fraction of sp³-hybridized carbons (Fsp3) is 0. The normalized spacial score (nSPS) is 10.8. The van der Waals surface area contributed by atoms with Crippen LogP contribution < -0.4 is 5.43 Å². The molecule has 0 atom stereocenters. The number of nitrogens with zero attached hydrogens (tertiary/aromatic N) is 1. The third-order valence-corrected chi connectivity index (χ3v) is 2.44. The molecule has 0 radical (unpaired) electrons. The molecule has 2 aromatic rings. The highest BCUT2D eigenvalue weighted by Crippen LogP contribution is 2.07. The zero-order valence-corrected chi connectivity index (χ0v) is 10.1. The number of halogens is 3. The van der Waals surface area contributed by atoms with Crippen molar-refractivity contribution in [2.45, 2.75) is 0 Å². The molecule has 1 N–H and O–H groups in total. The second-order valence-corrected chi connectivity index (χ2v) is 3.87. The van der Waals surface area contributed by atoms with Crippen LogP contribution in [0.15, 0.2) is 47.6 Å². The van der Waals surface area contributed by atoms with Gasteiger partial charge in [-0.1, -0.05) is 0 Å². The van der Waals surface area contributed by atoms with Gasteiger partial charge in [0.2, 0.25) is 0 Å². The summed E-state index contributed by atoms with van der Waals surface area (Å²) in [6.45, 7) is 0. The monoisotopic (exact) mass is 278 g/mol. The van der Waals surface area contributed by atoms with Crippen LogP contribution in [0.2, 0.25) is 0 Å². The van der Waals surface area contributed by atoms with E-state index >= 15 is 0 Å². The first kappa shape index (κ1) is 13.8. The van der Waals surface area contributed by atoms with E-state index in [-0.39, 0.29) is 11.1 Å². The van der Waals surface area contributed by atoms with E-state index in [0.29, 0.717) is 6.07 Å². The van der Waals surface area contributed by atoms with Crippen LogP contribution in [-0.2, 0) is 0 Å². The molecule has 2 rings (SSSR count). The number of rotatable bonds is 3. The van der Waals surface area contributed by atoms with Gasteiger partial charge in [-0.05, 0) is 36.4 Å². The molecule has 2 aromatic carbocycles. The maximum atomic E-state index is 13.3. The summed E-state index contributed by atoms with van der Waals surface area (Å²) in [7, 11) is 0. The SMILES string of the molecule is O=C(N/N=C\c1ccc(F)cc1F)c1ccc(F)cc1. The van der Waals surface area contributed by atoms with Gasteiger partial charge in [-0.3, -0.25) is 4.79 Å². The van der Waals surface area contributed by atoms with Crippen LogP contribution in [0.5, 0.6) is 0 Å². The number of amides is 1. The van der Waals surface area contributed by atoms with Gasteiger partial charge in [0.05, 0.1) is 6.21 Å². The lowest BCUT2D eigenvalue weighted by molar-refractivity contribution is 0.0955. The highest BCUT2D eigenvalue weighted by molar-refractivity contribution is 5.94. The Hall–Kier alpha value is -2.63. The first-order chi connectivity index (χ1) is 9.56. The summed E-state index contributed by atoms with van der Waals surface area (Å²) in [6, 6.07) is 7.83. The molecule has 20 heavy (non-hydrogen) atoms. The van der Waals surface area contributed by atoms with Gasteiger partial charge in [0.1, 0.15) is 17.5 Å². The van der Waals surface area contributed by atoms with E-state index in [4.69, 9.17) is 0 Å². The summed E-state index contributed by atoms with van der Waals surface area (Å²) in [6.07, 6.45) is 1.05. The quantitative estimate of drug-likeness (QED) is 0.680. The number of hydrazone groups is 1. The Balaban J connectivity index is 2.02. The summed E-state index contributed by atoms with van der Waals surface area (Å²) in [4.78, 5) is 11.6. The van der Waals surface area contributed by atoms with Crippen molar-refractivity contribution in [2.24, 2.45) is 5.10 Å². The molecule has 0 aliphatic carbocycles. The number of hydrogen-bond donors (Lipinski definition) is 1. The molecule has 0 aromatic heterocycles. The van der Waals surface area contributed by atoms with Gasteiger partial charge < -0.3 is 0 Å². The molecule has 3 nitrogen and oxygen atoms in total. The molecular weight excluding hydrogens is 269 g/mol. The molecule has 102 valence electrons. The van der Waals surface area contributed by atoms with E-state index in [1.807, 2.05) is 0 Å². The molecule has 0 saturated heterocycles. The van der Waals surface area contributed by atoms with Crippen molar-refractivity contribution >= 4 is 12.1 Å². The topological polar surface area (TPSA) is 41.5 Å². The van der Waals surface area contributed by atoms with Crippen molar-refractivity contribution in [3.63, 3.8) is 0 Å². The largest absolute Gasteiger partial charge is 0.271 e. The maximum absolute atomic E-state index is 13.3. The van der Waals surface area contributed by atoms with Gasteiger partial charge in [0.15, 0.2) is 0 Å². The Labute approximate surface area is 112 Å². The van der Waals surface area contributed by atoms with E-state index in [1.165, 1.54) is 18.2 Å². The van der Waals surface area contributed by atoms with Gasteiger partial charge in [-0.2, -0.15) is 5.10 Å². The van der Waals surface area contributed by atoms with Crippen LogP contribution in [0, 0.1) is 17.5 Å². The predicted octanol–water partition coefficient (Wildman–Crippen LogP) is 2.87. The standard InChI is InChI=1S/C14H9F3N2O/c15-11-4-1-9(2-5-11)14(20)19-18-8-10-3-6-12(16)7-13(10)17/h1-8H,(H,19,20)/b18-8-. The predicted molar refractivity (Wildman–Crippen MR) is 67.8 cm³/mol. The molecule has 1 amide bonds. The summed E-state index contributed by atoms with van der Waals surface area (Å²) < 4.78 is 38.6. The van der Waals surface area contributed by atoms with Crippen LogP contribution in [0.25, 0.3) is 0 Å². The van der Waals surface area contributed by atoms with E-state index in [9.17, 15) is 18.0 Å². The number of nitrogens with one attached hydrogen (secondary N) is 1. The van der Waals surface area contributed by atoms with E-state index in [2.05, 4.69) is 10.5 Å². The van der Waals surface area contributed by atoms with Crippen LogP contribution in [0.3, 0.4) is 0 Å². The van der Waals surface area contributed by atoms with Crippen LogP contribution >= 0.6 is 0 Å². The highest BCUT2D eigenvalue weighted by atomic mass is 19.1. The molecule has 0 unspecified atom stereocenters. The van der Waals surface area contributed by atoms with Crippen LogP contribution in [0.4, 0.5) is 13.2 Å². The molecule has 0 spiro atoms. The third-order valence-electron chi connectivity index (χ3n) is 2.44. The fourth-order valence-corrected chi connectivity index (χ4v) is 1.43. The molecule has 0 fully saturated rings. The Morgan fingerprint density at radius 1 is 1.00 bits per heavy atom. The number of carbonyl (C=O) groups excluding carboxylic acids is 1. The lowest BCUT2D eigenvalue weighted by Crippen LogP contribution is -2.17. The number of carbonyl (C=O) groups is 1. The first-order valence-corrected chi connectivity index (χ1v) is 5.60. The summed E-state index contributed by atoms with van der Waals surface area (Å²) >= 11 is 0. The van der Waals surface area contributed by atoms with Crippen molar-refractivity contribution in [1.29, 1.82) is 0 Å². The summed E-state index contributed by atoms with van der Waals surface area (Å²) in [5.41, 5.74) is 2.40. The molecule has 0 saturated carbocycles. The minimum Gasteiger partial charge on any atom is -0.267 e. The minimum atomic E-state index is -0.787. The van der Waals surface area contributed by atoms with Gasteiger partial charge in [0.25, 0.3) is 5.91 Å². The zero-order chi connectivity index (χ0) is 14.5. The van der Waals surface area contributed by atoms with E-state index < -0.39 is 23.4 Å². The Morgan fingerprint density at radius 3 is 2.30 bits per heavy atom. The van der Waals surface area contributed by atoms with Gasteiger partial charge in [0, 0.05) is 17.2 Å². The molecule has 0 heterocycles. The molecule has 0 aliphatic rings. The Bertz CT molecular complexity index is 654. The van der Waals surface area contributed by atoms with Gasteiger partial charge in [-0.25, -0.2) is 18.6 Å². The molecular formula is C14H9F3N2O. The van der Waals surface area contributed by atoms with Crippen molar-refractivity contribution in [3.8, 4) is 0 Å². The van der Waals surface area contributed by atoms with Crippen LogP contribution in [0.1, 0.15) is 15.9 Å². The lowest BCUT2D eigenvalue weighted by atomic mass is 10.2. The second-order valence-electron chi connectivity index (χ2n) is 3.87. The smallest absolute Gasteiger partial charge is 0.267 e. The highest BCUT2D eigenvalue weighted by Gasteiger charge is 2.04. The van der Waals surface area contributed by atoms with Gasteiger partial charge >= 0.3 is 0 Å². The Morgan fingerprint density at radius 2 is 1.65 bits per heavy atom. The van der Waals surface area contributed by atoms with E-state index in [1.54, 1.807) is 0 Å². The average molecular weight is 278 g/mol. The second kappa shape index (κ2) is 6.01. The fourth-order valence-electron chi connectivity index (χ4n) is 1.43. The van der Waals surface area contributed by atoms with E-state index in [0.717, 1.165) is 24.4 Å². The molecule has 0 bridgehead atoms. The van der Waals surface area contributed by atoms with Crippen molar-refractivity contribution in [2.75, 3.05) is 0 Å². The lowest BCUT2D eigenvalue weighted by Gasteiger charge is -2.00. The van der Waals surface area contributed by atoms with Crippen LogP contribution in [-0.4, -0.2) is 12.1 Å². The summed E-state index contributed by atoms with van der Waals surface area (Å²) in [5, 5.41) is 3.55. The zero-order valence-electron chi connectivity index (χ0n) is 10.1. The van der Waals surface area contributed by atoms with Crippen molar-refractivity contribution < 1.29 is 18.0 Å². The van der Waals surface area contributed by atoms with Crippen molar-refractivity contribution in [1.82, 2.24) is 5.43 Å². The third kappa shape index (κ3) is 3.44. The Kier molecular flexibility index (Phi) is 4.14. The average Bonchev–Trinajstić information content (AvgIpc) is 2.42. The van der Waals surface area contributed by atoms with Crippen molar-refractivity contribution in [3.05, 3.63) is 71.0 Å². The summed E-state index contributed by atoms with van der Waals surface area (Å²) in [5.74, 6) is -2.51. The maximum Gasteiger partial charge on any atom is 0.271 e. The minimum absolute atomic E-state index is 0.0332. The molecule has 6 heteroatoms. The molecule has 0 aliphatic heterocycles. The number of hydrogen-bond acceptors (Lipinski definition) is 2.